The summed E-state index contributed by atoms with van der Waals surface area (Å²) in [7, 11) is 0. The number of Topliss-reactive ketones (excluding diaryl/α,β-unsaturated/α-hetero) is 1. The lowest BCUT2D eigenvalue weighted by Crippen LogP contribution is -2.00. The quantitative estimate of drug-likeness (QED) is 0.373. The number of benzene rings is 1. The van der Waals surface area contributed by atoms with E-state index < -0.39 is 0 Å². The summed E-state index contributed by atoms with van der Waals surface area (Å²) in [6, 6.07) is 9.30. The van der Waals surface area contributed by atoms with E-state index >= 15 is 0 Å². The fourth-order valence-corrected chi connectivity index (χ4v) is 1.34. The number of ketones is 1. The molecule has 0 aliphatic carbocycles. The summed E-state index contributed by atoms with van der Waals surface area (Å²) in [6.45, 7) is 11.8. The Balaban J connectivity index is 0. The maximum atomic E-state index is 12.1. The van der Waals surface area contributed by atoms with Crippen molar-refractivity contribution < 1.29 is 4.79 Å². The van der Waals surface area contributed by atoms with Gasteiger partial charge in [0.15, 0.2) is 5.78 Å². The second-order valence-corrected chi connectivity index (χ2v) is 3.34. The van der Waals surface area contributed by atoms with Crippen LogP contribution in [0.25, 0.3) is 0 Å². The van der Waals surface area contributed by atoms with Crippen molar-refractivity contribution in [2.45, 2.75) is 41.5 Å². The zero-order chi connectivity index (χ0) is 15.8. The predicted octanol–water partition coefficient (Wildman–Crippen LogP) is 6.00. The monoisotopic (exact) mass is 272 g/mol. The van der Waals surface area contributed by atoms with Gasteiger partial charge >= 0.3 is 0 Å². The third-order valence-electron chi connectivity index (χ3n) is 2.11. The molecule has 0 saturated heterocycles. The van der Waals surface area contributed by atoms with Gasteiger partial charge in [-0.3, -0.25) is 4.79 Å². The molecule has 0 aromatic heterocycles. The summed E-state index contributed by atoms with van der Waals surface area (Å²) in [5.41, 5.74) is 1.42. The van der Waals surface area contributed by atoms with E-state index in [-0.39, 0.29) is 5.78 Å². The molecule has 0 radical (unpaired) electrons. The Kier molecular flexibility index (Phi) is 15.5. The van der Waals surface area contributed by atoms with E-state index in [0.717, 1.165) is 5.56 Å². The van der Waals surface area contributed by atoms with Gasteiger partial charge in [0.1, 0.15) is 0 Å². The zero-order valence-electron chi connectivity index (χ0n) is 13.7. The molecule has 0 bridgehead atoms. The molecule has 0 atom stereocenters. The predicted molar refractivity (Wildman–Crippen MR) is 91.2 cm³/mol. The summed E-state index contributed by atoms with van der Waals surface area (Å²) in [5, 5.41) is 0. The molecule has 0 aliphatic heterocycles. The van der Waals surface area contributed by atoms with Crippen molar-refractivity contribution in [3.05, 3.63) is 71.8 Å². The number of rotatable bonds is 4. The van der Waals surface area contributed by atoms with Crippen LogP contribution in [-0.2, 0) is 0 Å². The zero-order valence-corrected chi connectivity index (χ0v) is 13.7. The highest BCUT2D eigenvalue weighted by atomic mass is 16.1. The largest absolute Gasteiger partial charge is 0.289 e. The molecule has 0 N–H and O–H groups in total. The van der Waals surface area contributed by atoms with Crippen molar-refractivity contribution >= 4 is 5.78 Å². The minimum atomic E-state index is 0.0526. The molecule has 0 unspecified atom stereocenters. The van der Waals surface area contributed by atoms with Crippen molar-refractivity contribution in [1.29, 1.82) is 0 Å². The van der Waals surface area contributed by atoms with Crippen LogP contribution in [0.4, 0.5) is 0 Å². The Hall–Kier alpha value is -1.89. The Morgan fingerprint density at radius 1 is 0.900 bits per heavy atom. The van der Waals surface area contributed by atoms with Crippen LogP contribution in [0.1, 0.15) is 51.9 Å². The smallest absolute Gasteiger partial charge is 0.193 e. The summed E-state index contributed by atoms with van der Waals surface area (Å²) in [6.07, 6.45) is 9.30. The first kappa shape index (κ1) is 20.4. The minimum absolute atomic E-state index is 0.0526. The van der Waals surface area contributed by atoms with E-state index in [2.05, 4.69) is 0 Å². The molecule has 0 aliphatic rings. The highest BCUT2D eigenvalue weighted by Gasteiger charge is 2.07. The molecule has 1 nitrogen and oxygen atoms in total. The van der Waals surface area contributed by atoms with Crippen molar-refractivity contribution in [3.8, 4) is 0 Å². The van der Waals surface area contributed by atoms with E-state index in [0.29, 0.717) is 5.57 Å². The Bertz CT molecular complexity index is 422. The number of allylic oxidation sites excluding steroid dienone is 6. The molecular formula is C19H28O. The van der Waals surface area contributed by atoms with Crippen LogP contribution in [0.15, 0.2) is 66.3 Å². The lowest BCUT2D eigenvalue weighted by Gasteiger charge is -2.00. The van der Waals surface area contributed by atoms with Gasteiger partial charge < -0.3 is 0 Å². The molecule has 0 amide bonds. The number of hydrogen-bond donors (Lipinski definition) is 0. The van der Waals surface area contributed by atoms with Gasteiger partial charge in [-0.1, -0.05) is 88.4 Å². The molecule has 1 rings (SSSR count). The van der Waals surface area contributed by atoms with Gasteiger partial charge in [0.2, 0.25) is 0 Å². The first-order chi connectivity index (χ1) is 9.79. The summed E-state index contributed by atoms with van der Waals surface area (Å²) in [5.74, 6) is 0.0526. The molecule has 1 aromatic rings. The van der Waals surface area contributed by atoms with Crippen LogP contribution in [0.2, 0.25) is 0 Å². The van der Waals surface area contributed by atoms with Crippen molar-refractivity contribution in [1.82, 2.24) is 0 Å². The van der Waals surface area contributed by atoms with Crippen LogP contribution in [0.3, 0.4) is 0 Å². The summed E-state index contributed by atoms with van der Waals surface area (Å²) >= 11 is 0. The topological polar surface area (TPSA) is 17.1 Å². The standard InChI is InChI=1S/C15H16O.2C2H6/c1-3-5-10-13(9-4-2)15(16)14-11-7-6-8-12-14;2*1-2/h3-12H,1-2H3;2*1-2H3/b5-3-,9-4-,13-10+;;. The summed E-state index contributed by atoms with van der Waals surface area (Å²) in [4.78, 5) is 12.1. The Morgan fingerprint density at radius 3 is 1.90 bits per heavy atom. The van der Waals surface area contributed by atoms with Crippen molar-refractivity contribution in [3.63, 3.8) is 0 Å². The third kappa shape index (κ3) is 8.25. The molecule has 0 fully saturated rings. The second kappa shape index (κ2) is 15.2. The average Bonchev–Trinajstić information content (AvgIpc) is 2.55. The molecule has 0 spiro atoms. The molecule has 0 heterocycles. The average molecular weight is 272 g/mol. The van der Waals surface area contributed by atoms with E-state index in [9.17, 15) is 4.79 Å². The van der Waals surface area contributed by atoms with Gasteiger partial charge in [0.25, 0.3) is 0 Å². The van der Waals surface area contributed by atoms with E-state index in [1.54, 1.807) is 0 Å². The first-order valence-corrected chi connectivity index (χ1v) is 7.35. The molecule has 110 valence electrons. The normalized spacial score (nSPS) is 10.6. The molecule has 0 saturated carbocycles. The Morgan fingerprint density at radius 2 is 1.45 bits per heavy atom. The van der Waals surface area contributed by atoms with E-state index in [1.807, 2.05) is 102 Å². The van der Waals surface area contributed by atoms with Crippen LogP contribution >= 0.6 is 0 Å². The maximum Gasteiger partial charge on any atom is 0.193 e. The highest BCUT2D eigenvalue weighted by molar-refractivity contribution is 6.10. The lowest BCUT2D eigenvalue weighted by atomic mass is 10.0. The third-order valence-corrected chi connectivity index (χ3v) is 2.11. The fourth-order valence-electron chi connectivity index (χ4n) is 1.34. The summed E-state index contributed by atoms with van der Waals surface area (Å²) < 4.78 is 0. The molecule has 20 heavy (non-hydrogen) atoms. The molecular weight excluding hydrogens is 244 g/mol. The fraction of sp³-hybridized carbons (Fsp3) is 0.316. The van der Waals surface area contributed by atoms with Crippen LogP contribution < -0.4 is 0 Å². The van der Waals surface area contributed by atoms with Gasteiger partial charge in [-0.25, -0.2) is 0 Å². The van der Waals surface area contributed by atoms with E-state index in [4.69, 9.17) is 0 Å². The highest BCUT2D eigenvalue weighted by Crippen LogP contribution is 2.09. The first-order valence-electron chi connectivity index (χ1n) is 7.35. The Labute approximate surface area is 124 Å². The van der Waals surface area contributed by atoms with Gasteiger partial charge in [-0.2, -0.15) is 0 Å². The minimum Gasteiger partial charge on any atom is -0.289 e. The van der Waals surface area contributed by atoms with Gasteiger partial charge in [-0.15, -0.1) is 0 Å². The molecule has 1 aromatic carbocycles. The van der Waals surface area contributed by atoms with Crippen LogP contribution in [-0.4, -0.2) is 5.78 Å². The second-order valence-electron chi connectivity index (χ2n) is 3.34. The van der Waals surface area contributed by atoms with Crippen LogP contribution in [0, 0.1) is 0 Å². The van der Waals surface area contributed by atoms with Gasteiger partial charge in [0.05, 0.1) is 0 Å². The molecule has 1 heteroatoms. The van der Waals surface area contributed by atoms with Crippen molar-refractivity contribution in [2.75, 3.05) is 0 Å². The van der Waals surface area contributed by atoms with Crippen LogP contribution in [0.5, 0.6) is 0 Å². The van der Waals surface area contributed by atoms with Gasteiger partial charge in [-0.05, 0) is 13.8 Å². The maximum absolute atomic E-state index is 12.1. The van der Waals surface area contributed by atoms with Crippen molar-refractivity contribution in [2.24, 2.45) is 0 Å². The number of hydrogen-bond acceptors (Lipinski definition) is 1. The van der Waals surface area contributed by atoms with E-state index in [1.165, 1.54) is 0 Å². The number of carbonyl (C=O) groups is 1. The SMILES string of the molecule is CC.CC.C\C=C/C=C(\C=C/C)C(=O)c1ccccc1. The lowest BCUT2D eigenvalue weighted by molar-refractivity contribution is 0.103. The number of carbonyl (C=O) groups excluding carboxylic acids is 1. The van der Waals surface area contributed by atoms with Gasteiger partial charge in [0, 0.05) is 11.1 Å².